The van der Waals surface area contributed by atoms with Crippen molar-refractivity contribution in [2.45, 2.75) is 5.66 Å². The Morgan fingerprint density at radius 2 is 1.00 bits per heavy atom. The fourth-order valence-corrected chi connectivity index (χ4v) is 3.13. The first-order valence-corrected chi connectivity index (χ1v) is 7.75. The number of nitrogens with one attached hydrogen (secondary N) is 2. The third-order valence-electron chi connectivity index (χ3n) is 4.38. The molecule has 0 unspecified atom stereocenters. The zero-order valence-corrected chi connectivity index (χ0v) is 13.1. The first-order chi connectivity index (χ1) is 11.6. The molecule has 3 aromatic carbocycles. The summed E-state index contributed by atoms with van der Waals surface area (Å²) in [6.07, 6.45) is 0. The molecule has 5 nitrogen and oxygen atoms in total. The zero-order valence-electron chi connectivity index (χ0n) is 13.1. The summed E-state index contributed by atoms with van der Waals surface area (Å²) in [4.78, 5) is 0. The van der Waals surface area contributed by atoms with E-state index in [0.717, 1.165) is 33.9 Å². The van der Waals surface area contributed by atoms with E-state index in [0.29, 0.717) is 5.69 Å². The van der Waals surface area contributed by atoms with Crippen molar-refractivity contribution in [1.82, 2.24) is 0 Å². The van der Waals surface area contributed by atoms with Crippen LogP contribution in [0.1, 0.15) is 11.1 Å². The van der Waals surface area contributed by atoms with Crippen molar-refractivity contribution in [3.05, 3.63) is 77.9 Å². The van der Waals surface area contributed by atoms with Gasteiger partial charge in [0.25, 0.3) is 0 Å². The quantitative estimate of drug-likeness (QED) is 0.467. The van der Waals surface area contributed by atoms with Crippen molar-refractivity contribution in [3.8, 4) is 0 Å². The zero-order chi connectivity index (χ0) is 16.7. The monoisotopic (exact) mass is 317 g/mol. The molecule has 0 aliphatic carbocycles. The molecule has 1 aliphatic rings. The van der Waals surface area contributed by atoms with E-state index in [1.807, 2.05) is 66.7 Å². The minimum atomic E-state index is -0.600. The van der Waals surface area contributed by atoms with Crippen LogP contribution in [0, 0.1) is 0 Å². The maximum atomic E-state index is 5.94. The Bertz CT molecular complexity index is 839. The van der Waals surface area contributed by atoms with Crippen LogP contribution in [0.4, 0.5) is 28.4 Å². The van der Waals surface area contributed by atoms with Gasteiger partial charge in [0.2, 0.25) is 0 Å². The molecule has 3 aromatic rings. The Labute approximate surface area is 140 Å². The van der Waals surface area contributed by atoms with E-state index in [4.69, 9.17) is 17.2 Å². The maximum Gasteiger partial charge on any atom is 0.161 e. The summed E-state index contributed by atoms with van der Waals surface area (Å²) >= 11 is 0. The Balaban J connectivity index is 1.88. The minimum absolute atomic E-state index is 0.600. The largest absolute Gasteiger partial charge is 0.399 e. The molecule has 0 saturated heterocycles. The van der Waals surface area contributed by atoms with E-state index in [9.17, 15) is 0 Å². The number of hydrogen-bond acceptors (Lipinski definition) is 5. The van der Waals surface area contributed by atoms with Gasteiger partial charge in [0, 0.05) is 28.2 Å². The predicted octanol–water partition coefficient (Wildman–Crippen LogP) is 3.17. The number of rotatable bonds is 2. The summed E-state index contributed by atoms with van der Waals surface area (Å²) < 4.78 is 0. The second-order valence-corrected chi connectivity index (χ2v) is 6.05. The molecule has 0 spiro atoms. The molecule has 0 amide bonds. The lowest BCUT2D eigenvalue weighted by molar-refractivity contribution is 0.704. The summed E-state index contributed by atoms with van der Waals surface area (Å²) in [6, 6.07) is 21.4. The molecule has 1 aliphatic heterocycles. The van der Waals surface area contributed by atoms with E-state index in [-0.39, 0.29) is 0 Å². The van der Waals surface area contributed by atoms with Gasteiger partial charge in [-0.15, -0.1) is 0 Å². The van der Waals surface area contributed by atoms with Gasteiger partial charge in [-0.05, 0) is 42.5 Å². The standard InChI is InChI=1S/C19H19N5/c20-14-5-1-12(2-6-14)19(13-3-7-15(21)8-4-13)23-17-10-9-16(22)11-18(17)24-19/h1-11,23-24H,20-22H2. The summed E-state index contributed by atoms with van der Waals surface area (Å²) in [6.45, 7) is 0. The molecule has 0 bridgehead atoms. The van der Waals surface area contributed by atoms with Crippen molar-refractivity contribution < 1.29 is 0 Å². The molecular weight excluding hydrogens is 298 g/mol. The van der Waals surface area contributed by atoms with Gasteiger partial charge in [0.15, 0.2) is 5.66 Å². The van der Waals surface area contributed by atoms with Gasteiger partial charge in [0.05, 0.1) is 11.4 Å². The number of nitrogens with two attached hydrogens (primary N) is 3. The lowest BCUT2D eigenvalue weighted by atomic mass is 9.91. The van der Waals surface area contributed by atoms with Gasteiger partial charge in [-0.3, -0.25) is 0 Å². The van der Waals surface area contributed by atoms with Crippen molar-refractivity contribution in [3.63, 3.8) is 0 Å². The van der Waals surface area contributed by atoms with Gasteiger partial charge in [-0.2, -0.15) is 0 Å². The van der Waals surface area contributed by atoms with Crippen LogP contribution < -0.4 is 27.8 Å². The molecule has 0 saturated carbocycles. The van der Waals surface area contributed by atoms with E-state index in [2.05, 4.69) is 10.6 Å². The van der Waals surface area contributed by atoms with Crippen LogP contribution in [-0.4, -0.2) is 0 Å². The van der Waals surface area contributed by atoms with Gasteiger partial charge in [-0.25, -0.2) is 0 Å². The molecule has 8 N–H and O–H groups in total. The highest BCUT2D eigenvalue weighted by Gasteiger charge is 2.39. The Morgan fingerprint density at radius 3 is 1.54 bits per heavy atom. The van der Waals surface area contributed by atoms with Crippen LogP contribution in [0.3, 0.4) is 0 Å². The van der Waals surface area contributed by atoms with E-state index in [1.165, 1.54) is 0 Å². The Kier molecular flexibility index (Phi) is 3.03. The molecule has 0 atom stereocenters. The minimum Gasteiger partial charge on any atom is -0.399 e. The molecule has 0 aromatic heterocycles. The number of anilines is 5. The third-order valence-corrected chi connectivity index (χ3v) is 4.38. The second kappa shape index (κ2) is 5.09. The first kappa shape index (κ1) is 14.3. The summed E-state index contributed by atoms with van der Waals surface area (Å²) in [5.74, 6) is 0. The lowest BCUT2D eigenvalue weighted by Gasteiger charge is -2.32. The molecule has 5 heteroatoms. The third kappa shape index (κ3) is 2.18. The average molecular weight is 317 g/mol. The van der Waals surface area contributed by atoms with E-state index in [1.54, 1.807) is 0 Å². The smallest absolute Gasteiger partial charge is 0.161 e. The fraction of sp³-hybridized carbons (Fsp3) is 0.0526. The van der Waals surface area contributed by atoms with Crippen LogP contribution in [-0.2, 0) is 5.66 Å². The van der Waals surface area contributed by atoms with Crippen molar-refractivity contribution >= 4 is 28.4 Å². The van der Waals surface area contributed by atoms with Crippen molar-refractivity contribution in [1.29, 1.82) is 0 Å². The molecule has 0 fully saturated rings. The second-order valence-electron chi connectivity index (χ2n) is 6.05. The van der Waals surface area contributed by atoms with Crippen LogP contribution in [0.5, 0.6) is 0 Å². The molecule has 120 valence electrons. The van der Waals surface area contributed by atoms with Gasteiger partial charge >= 0.3 is 0 Å². The Hall–Kier alpha value is -3.34. The molecule has 0 radical (unpaired) electrons. The van der Waals surface area contributed by atoms with Crippen LogP contribution >= 0.6 is 0 Å². The molecule has 4 rings (SSSR count). The van der Waals surface area contributed by atoms with Gasteiger partial charge < -0.3 is 27.8 Å². The molecular formula is C19H19N5. The molecule has 1 heterocycles. The number of nitrogen functional groups attached to an aromatic ring is 3. The summed E-state index contributed by atoms with van der Waals surface area (Å²) in [7, 11) is 0. The van der Waals surface area contributed by atoms with Gasteiger partial charge in [0.1, 0.15) is 0 Å². The van der Waals surface area contributed by atoms with Crippen LogP contribution in [0.25, 0.3) is 0 Å². The normalized spacial score (nSPS) is 14.5. The number of benzene rings is 3. The van der Waals surface area contributed by atoms with Gasteiger partial charge in [-0.1, -0.05) is 24.3 Å². The molecule has 24 heavy (non-hydrogen) atoms. The lowest BCUT2D eigenvalue weighted by Crippen LogP contribution is -2.40. The summed E-state index contributed by atoms with van der Waals surface area (Å²) in [5, 5.41) is 7.19. The van der Waals surface area contributed by atoms with E-state index < -0.39 is 5.66 Å². The highest BCUT2D eigenvalue weighted by Crippen LogP contribution is 2.44. The first-order valence-electron chi connectivity index (χ1n) is 7.75. The van der Waals surface area contributed by atoms with Crippen LogP contribution in [0.15, 0.2) is 66.7 Å². The highest BCUT2D eigenvalue weighted by molar-refractivity contribution is 5.82. The SMILES string of the molecule is Nc1ccc(C2(c3ccc(N)cc3)Nc3ccc(N)cc3N2)cc1. The number of hydrogen-bond donors (Lipinski definition) is 5. The predicted molar refractivity (Wildman–Crippen MR) is 101 cm³/mol. The van der Waals surface area contributed by atoms with E-state index >= 15 is 0 Å². The van der Waals surface area contributed by atoms with Crippen molar-refractivity contribution in [2.75, 3.05) is 27.8 Å². The fourth-order valence-electron chi connectivity index (χ4n) is 3.13. The van der Waals surface area contributed by atoms with Crippen molar-refractivity contribution in [2.24, 2.45) is 0 Å². The summed E-state index contributed by atoms with van der Waals surface area (Å²) in [5.41, 5.74) is 23.3. The maximum absolute atomic E-state index is 5.94. The Morgan fingerprint density at radius 1 is 0.542 bits per heavy atom. The van der Waals surface area contributed by atoms with Crippen LogP contribution in [0.2, 0.25) is 0 Å². The number of fused-ring (bicyclic) bond motifs is 1. The highest BCUT2D eigenvalue weighted by atomic mass is 15.3. The topological polar surface area (TPSA) is 102 Å². The average Bonchev–Trinajstić information content (AvgIpc) is 2.95.